The van der Waals surface area contributed by atoms with Crippen LogP contribution in [0.15, 0.2) is 18.2 Å². The first kappa shape index (κ1) is 19.3. The number of rotatable bonds is 5. The molecule has 3 rings (SSSR count). The summed E-state index contributed by atoms with van der Waals surface area (Å²) in [6.07, 6.45) is 6.65. The van der Waals surface area contributed by atoms with E-state index in [1.165, 1.54) is 31.7 Å². The van der Waals surface area contributed by atoms with Gasteiger partial charge in [-0.3, -0.25) is 19.7 Å². The van der Waals surface area contributed by atoms with Gasteiger partial charge in [-0.2, -0.15) is 0 Å². The fourth-order valence-electron chi connectivity index (χ4n) is 4.17. The van der Waals surface area contributed by atoms with E-state index >= 15 is 0 Å². The number of nitro groups is 1. The topological polar surface area (TPSA) is 83.8 Å². The molecule has 27 heavy (non-hydrogen) atoms. The van der Waals surface area contributed by atoms with Crippen LogP contribution >= 0.6 is 0 Å². The zero-order valence-corrected chi connectivity index (χ0v) is 15.9. The Kier molecular flexibility index (Phi) is 6.08. The highest BCUT2D eigenvalue weighted by Crippen LogP contribution is 2.29. The molecule has 1 aliphatic heterocycles. The van der Waals surface area contributed by atoms with E-state index in [0.29, 0.717) is 49.6 Å². The third-order valence-corrected chi connectivity index (χ3v) is 5.89. The van der Waals surface area contributed by atoms with Gasteiger partial charge in [0, 0.05) is 49.8 Å². The zero-order valence-electron chi connectivity index (χ0n) is 15.9. The summed E-state index contributed by atoms with van der Waals surface area (Å²) in [5, 5.41) is 11.1. The number of benzene rings is 1. The number of carbonyl (C=O) groups is 2. The Balaban J connectivity index is 1.54. The predicted molar refractivity (Wildman–Crippen MR) is 102 cm³/mol. The molecule has 146 valence electrons. The maximum absolute atomic E-state index is 12.8. The van der Waals surface area contributed by atoms with Crippen LogP contribution in [-0.4, -0.2) is 52.7 Å². The molecule has 0 unspecified atom stereocenters. The average Bonchev–Trinajstić information content (AvgIpc) is 3.19. The molecule has 1 heterocycles. The molecule has 0 aromatic heterocycles. The zero-order chi connectivity index (χ0) is 19.4. The fraction of sp³-hybridized carbons (Fsp3) is 0.600. The molecule has 0 spiro atoms. The normalized spacial score (nSPS) is 18.0. The minimum absolute atomic E-state index is 0.0402. The lowest BCUT2D eigenvalue weighted by molar-refractivity contribution is -0.385. The summed E-state index contributed by atoms with van der Waals surface area (Å²) in [5.41, 5.74) is 0.717. The molecular formula is C20H27N3O4. The van der Waals surface area contributed by atoms with Crippen molar-refractivity contribution in [3.63, 3.8) is 0 Å². The first-order valence-electron chi connectivity index (χ1n) is 9.78. The minimum Gasteiger partial charge on any atom is -0.339 e. The van der Waals surface area contributed by atoms with Crippen molar-refractivity contribution in [3.8, 4) is 0 Å². The summed E-state index contributed by atoms with van der Waals surface area (Å²) in [5.74, 6) is 0.684. The maximum atomic E-state index is 12.8. The van der Waals surface area contributed by atoms with Gasteiger partial charge in [0.2, 0.25) is 5.91 Å². The van der Waals surface area contributed by atoms with E-state index in [1.807, 2.05) is 4.90 Å². The summed E-state index contributed by atoms with van der Waals surface area (Å²) in [6.45, 7) is 3.60. The van der Waals surface area contributed by atoms with Gasteiger partial charge in [0.15, 0.2) is 0 Å². The Labute approximate surface area is 159 Å². The Morgan fingerprint density at radius 1 is 1.11 bits per heavy atom. The van der Waals surface area contributed by atoms with Crippen LogP contribution in [0.2, 0.25) is 0 Å². The number of hydrogen-bond donors (Lipinski definition) is 0. The standard InChI is InChI=1S/C20H27N3O4/c1-15-17(7-4-8-18(15)23(26)27)20(25)22-13-11-21(12-14-22)19(24)10-9-16-5-2-3-6-16/h4,7-8,16H,2-3,5-6,9-14H2,1H3. The SMILES string of the molecule is Cc1c(C(=O)N2CCN(C(=O)CCC3CCCC3)CC2)cccc1[N+](=O)[O-]. The molecule has 0 bridgehead atoms. The van der Waals surface area contributed by atoms with Crippen molar-refractivity contribution in [1.29, 1.82) is 0 Å². The smallest absolute Gasteiger partial charge is 0.273 e. The second kappa shape index (κ2) is 8.50. The summed E-state index contributed by atoms with van der Waals surface area (Å²) >= 11 is 0. The number of nitro benzene ring substituents is 1. The molecule has 1 aromatic rings. The third-order valence-electron chi connectivity index (χ3n) is 5.89. The molecule has 0 N–H and O–H groups in total. The van der Waals surface area contributed by atoms with Crippen LogP contribution in [0.3, 0.4) is 0 Å². The lowest BCUT2D eigenvalue weighted by Gasteiger charge is -2.35. The molecular weight excluding hydrogens is 346 g/mol. The monoisotopic (exact) mass is 373 g/mol. The third kappa shape index (κ3) is 4.46. The van der Waals surface area contributed by atoms with Gasteiger partial charge >= 0.3 is 0 Å². The highest BCUT2D eigenvalue weighted by molar-refractivity contribution is 5.96. The van der Waals surface area contributed by atoms with Crippen LogP contribution in [-0.2, 0) is 4.79 Å². The van der Waals surface area contributed by atoms with Gasteiger partial charge in [-0.25, -0.2) is 0 Å². The fourth-order valence-corrected chi connectivity index (χ4v) is 4.17. The second-order valence-corrected chi connectivity index (χ2v) is 7.57. The second-order valence-electron chi connectivity index (χ2n) is 7.57. The van der Waals surface area contributed by atoms with E-state index in [1.54, 1.807) is 24.0 Å². The Bertz CT molecular complexity index is 720. The van der Waals surface area contributed by atoms with Crippen molar-refractivity contribution in [3.05, 3.63) is 39.4 Å². The van der Waals surface area contributed by atoms with Crippen molar-refractivity contribution in [2.75, 3.05) is 26.2 Å². The van der Waals surface area contributed by atoms with Gasteiger partial charge in [0.05, 0.1) is 4.92 Å². The van der Waals surface area contributed by atoms with E-state index in [2.05, 4.69) is 0 Å². The van der Waals surface area contributed by atoms with Crippen molar-refractivity contribution in [2.45, 2.75) is 45.4 Å². The Morgan fingerprint density at radius 2 is 1.74 bits per heavy atom. The van der Waals surface area contributed by atoms with Crippen LogP contribution in [0.5, 0.6) is 0 Å². The van der Waals surface area contributed by atoms with E-state index in [4.69, 9.17) is 0 Å². The van der Waals surface area contributed by atoms with Gasteiger partial charge < -0.3 is 9.80 Å². The summed E-state index contributed by atoms with van der Waals surface area (Å²) < 4.78 is 0. The average molecular weight is 373 g/mol. The van der Waals surface area contributed by atoms with Crippen LogP contribution in [0.25, 0.3) is 0 Å². The lowest BCUT2D eigenvalue weighted by atomic mass is 10.0. The number of nitrogens with zero attached hydrogens (tertiary/aromatic N) is 3. The van der Waals surface area contributed by atoms with Crippen LogP contribution < -0.4 is 0 Å². The van der Waals surface area contributed by atoms with Crippen molar-refractivity contribution in [2.24, 2.45) is 5.92 Å². The molecule has 0 atom stereocenters. The van der Waals surface area contributed by atoms with Gasteiger partial charge in [0.1, 0.15) is 0 Å². The number of hydrogen-bond acceptors (Lipinski definition) is 4. The Morgan fingerprint density at radius 3 is 2.37 bits per heavy atom. The van der Waals surface area contributed by atoms with Gasteiger partial charge in [0.25, 0.3) is 11.6 Å². The van der Waals surface area contributed by atoms with E-state index in [-0.39, 0.29) is 17.5 Å². The molecule has 7 heteroatoms. The lowest BCUT2D eigenvalue weighted by Crippen LogP contribution is -2.50. The molecule has 1 saturated heterocycles. The Hall–Kier alpha value is -2.44. The molecule has 1 saturated carbocycles. The highest BCUT2D eigenvalue weighted by atomic mass is 16.6. The van der Waals surface area contributed by atoms with Crippen LogP contribution in [0.1, 0.15) is 54.4 Å². The molecule has 2 fully saturated rings. The molecule has 0 radical (unpaired) electrons. The number of amides is 2. The van der Waals surface area contributed by atoms with Gasteiger partial charge in [-0.05, 0) is 25.3 Å². The maximum Gasteiger partial charge on any atom is 0.273 e. The van der Waals surface area contributed by atoms with E-state index < -0.39 is 4.92 Å². The summed E-state index contributed by atoms with van der Waals surface area (Å²) in [6, 6.07) is 4.58. The van der Waals surface area contributed by atoms with Gasteiger partial charge in [-0.1, -0.05) is 31.7 Å². The van der Waals surface area contributed by atoms with Crippen LogP contribution in [0.4, 0.5) is 5.69 Å². The van der Waals surface area contributed by atoms with E-state index in [9.17, 15) is 19.7 Å². The van der Waals surface area contributed by atoms with E-state index in [0.717, 1.165) is 6.42 Å². The first-order chi connectivity index (χ1) is 13.0. The number of carbonyl (C=O) groups excluding carboxylic acids is 2. The molecule has 2 amide bonds. The van der Waals surface area contributed by atoms with Crippen LogP contribution in [0, 0.1) is 23.0 Å². The first-order valence-corrected chi connectivity index (χ1v) is 9.78. The number of piperazine rings is 1. The molecule has 2 aliphatic rings. The van der Waals surface area contributed by atoms with Gasteiger partial charge in [-0.15, -0.1) is 0 Å². The summed E-state index contributed by atoms with van der Waals surface area (Å²) in [4.78, 5) is 39.3. The molecule has 7 nitrogen and oxygen atoms in total. The molecule has 1 aliphatic carbocycles. The predicted octanol–water partition coefficient (Wildman–Crippen LogP) is 3.16. The summed E-state index contributed by atoms with van der Waals surface area (Å²) in [7, 11) is 0. The van der Waals surface area contributed by atoms with Crippen molar-refractivity contribution < 1.29 is 14.5 Å². The largest absolute Gasteiger partial charge is 0.339 e. The quantitative estimate of drug-likeness (QED) is 0.586. The van der Waals surface area contributed by atoms with Crippen molar-refractivity contribution in [1.82, 2.24) is 9.80 Å². The van der Waals surface area contributed by atoms with Crippen molar-refractivity contribution >= 4 is 17.5 Å². The molecule has 1 aromatic carbocycles. The minimum atomic E-state index is -0.465. The highest BCUT2D eigenvalue weighted by Gasteiger charge is 2.27.